The Balaban J connectivity index is 0.000000270. The summed E-state index contributed by atoms with van der Waals surface area (Å²) in [6.07, 6.45) is 3.92. The fourth-order valence-electron chi connectivity index (χ4n) is 4.46. The Hall–Kier alpha value is -2.49. The first-order valence-electron chi connectivity index (χ1n) is 12.1. The molecule has 190 valence electrons. The Morgan fingerprint density at radius 3 is 1.65 bits per heavy atom. The van der Waals surface area contributed by atoms with Gasteiger partial charge in [0.2, 0.25) is 11.8 Å². The molecule has 0 radical (unpaired) electrons. The number of hydrogen-bond donors (Lipinski definition) is 1. The van der Waals surface area contributed by atoms with Crippen molar-refractivity contribution in [3.63, 3.8) is 0 Å². The molecule has 9 heteroatoms. The van der Waals surface area contributed by atoms with Crippen LogP contribution in [0, 0.1) is 0 Å². The van der Waals surface area contributed by atoms with Gasteiger partial charge in [-0.05, 0) is 44.9 Å². The summed E-state index contributed by atoms with van der Waals surface area (Å²) in [5.74, 6) is 0.322. The lowest BCUT2D eigenvalue weighted by atomic mass is 10.0. The van der Waals surface area contributed by atoms with Gasteiger partial charge in [0.1, 0.15) is 0 Å². The average molecular weight is 475 g/mol. The van der Waals surface area contributed by atoms with Crippen molar-refractivity contribution in [1.82, 2.24) is 30.3 Å². The van der Waals surface area contributed by atoms with Crippen LogP contribution < -0.4 is 5.43 Å². The minimum atomic E-state index is -0.00732. The number of rotatable bonds is 5. The molecule has 9 nitrogen and oxygen atoms in total. The number of carbonyl (C=O) groups excluding carboxylic acids is 3. The molecule has 0 spiro atoms. The second-order valence-corrected chi connectivity index (χ2v) is 9.08. The third-order valence-electron chi connectivity index (χ3n) is 7.04. The summed E-state index contributed by atoms with van der Waals surface area (Å²) in [7, 11) is 7.72. The lowest BCUT2D eigenvalue weighted by molar-refractivity contribution is -0.131. The van der Waals surface area contributed by atoms with Crippen LogP contribution in [-0.4, -0.2) is 109 Å². The molecule has 1 aromatic rings. The van der Waals surface area contributed by atoms with Crippen LogP contribution >= 0.6 is 0 Å². The number of likely N-dealkylation sites (tertiary alicyclic amines) is 2. The summed E-state index contributed by atoms with van der Waals surface area (Å²) in [4.78, 5) is 38.6. The Labute approximate surface area is 204 Å². The summed E-state index contributed by atoms with van der Waals surface area (Å²) >= 11 is 0. The van der Waals surface area contributed by atoms with Gasteiger partial charge in [0.05, 0.1) is 0 Å². The Morgan fingerprint density at radius 1 is 0.794 bits per heavy atom. The number of amides is 3. The van der Waals surface area contributed by atoms with E-state index in [0.717, 1.165) is 51.9 Å². The number of piperidine rings is 2. The standard InChI is InChI=1S/C16H23N3O2.C9H19N3O/c1-13(20)19-11-9-15(10-12-19)17(2)18(3)16(21)14-7-5-4-6-8-14;1-8(13)12-6-4-9(5-7-12)11(3)10-2/h4-8,15H,9-12H2,1-3H3;9-10H,4-7H2,1-3H3. The van der Waals surface area contributed by atoms with Crippen LogP contribution in [0.3, 0.4) is 0 Å². The van der Waals surface area contributed by atoms with Gasteiger partial charge in [-0.2, -0.15) is 0 Å². The number of benzene rings is 1. The molecule has 0 aromatic heterocycles. The van der Waals surface area contributed by atoms with E-state index in [1.807, 2.05) is 66.3 Å². The maximum absolute atomic E-state index is 12.4. The predicted molar refractivity (Wildman–Crippen MR) is 134 cm³/mol. The van der Waals surface area contributed by atoms with Gasteiger partial charge in [-0.1, -0.05) is 18.2 Å². The van der Waals surface area contributed by atoms with Crippen molar-refractivity contribution in [2.75, 3.05) is 54.4 Å². The van der Waals surface area contributed by atoms with Gasteiger partial charge >= 0.3 is 0 Å². The number of carbonyl (C=O) groups is 3. The van der Waals surface area contributed by atoms with E-state index in [1.165, 1.54) is 0 Å². The van der Waals surface area contributed by atoms with Gasteiger partial charge in [-0.3, -0.25) is 24.8 Å². The van der Waals surface area contributed by atoms with Gasteiger partial charge in [-0.15, -0.1) is 0 Å². The monoisotopic (exact) mass is 474 g/mol. The zero-order chi connectivity index (χ0) is 25.3. The molecule has 3 amide bonds. The Kier molecular flexibility index (Phi) is 10.9. The first-order valence-corrected chi connectivity index (χ1v) is 12.1. The van der Waals surface area contributed by atoms with E-state index in [-0.39, 0.29) is 17.7 Å². The first-order chi connectivity index (χ1) is 16.1. The fourth-order valence-corrected chi connectivity index (χ4v) is 4.46. The topological polar surface area (TPSA) is 79.4 Å². The molecule has 1 N–H and O–H groups in total. The number of nitrogens with one attached hydrogen (secondary N) is 1. The molecular weight excluding hydrogens is 432 g/mol. The Morgan fingerprint density at radius 2 is 1.24 bits per heavy atom. The molecule has 0 bridgehead atoms. The average Bonchev–Trinajstić information content (AvgIpc) is 2.87. The maximum atomic E-state index is 12.4. The number of nitrogens with zero attached hydrogens (tertiary/aromatic N) is 5. The Bertz CT molecular complexity index is 789. The van der Waals surface area contributed by atoms with Gasteiger partial charge in [-0.25, -0.2) is 10.0 Å². The van der Waals surface area contributed by atoms with Crippen LogP contribution in [-0.2, 0) is 9.59 Å². The largest absolute Gasteiger partial charge is 0.343 e. The molecule has 34 heavy (non-hydrogen) atoms. The van der Waals surface area contributed by atoms with Crippen LogP contribution in [0.5, 0.6) is 0 Å². The minimum absolute atomic E-state index is 0.00732. The lowest BCUT2D eigenvalue weighted by Gasteiger charge is -2.40. The van der Waals surface area contributed by atoms with Gasteiger partial charge in [0.25, 0.3) is 5.91 Å². The smallest absolute Gasteiger partial charge is 0.267 e. The third kappa shape index (κ3) is 7.78. The maximum Gasteiger partial charge on any atom is 0.267 e. The zero-order valence-electron chi connectivity index (χ0n) is 21.7. The molecule has 0 unspecified atom stereocenters. The summed E-state index contributed by atoms with van der Waals surface area (Å²) in [5.41, 5.74) is 3.80. The highest BCUT2D eigenvalue weighted by molar-refractivity contribution is 5.93. The van der Waals surface area contributed by atoms with E-state index >= 15 is 0 Å². The van der Waals surface area contributed by atoms with Crippen molar-refractivity contribution >= 4 is 17.7 Å². The molecular formula is C25H42N6O3. The first kappa shape index (κ1) is 27.8. The third-order valence-corrected chi connectivity index (χ3v) is 7.04. The van der Waals surface area contributed by atoms with E-state index in [0.29, 0.717) is 17.6 Å². The molecule has 0 saturated carbocycles. The number of hydrazine groups is 2. The lowest BCUT2D eigenvalue weighted by Crippen LogP contribution is -2.51. The van der Waals surface area contributed by atoms with Crippen LogP contribution in [0.25, 0.3) is 0 Å². The molecule has 3 rings (SSSR count). The normalized spacial score (nSPS) is 17.4. The molecule has 2 fully saturated rings. The molecule has 2 saturated heterocycles. The van der Waals surface area contributed by atoms with E-state index in [2.05, 4.69) is 10.4 Å². The highest BCUT2D eigenvalue weighted by Crippen LogP contribution is 2.18. The van der Waals surface area contributed by atoms with Gasteiger partial charge in [0, 0.05) is 78.8 Å². The molecule has 2 heterocycles. The van der Waals surface area contributed by atoms with Crippen molar-refractivity contribution < 1.29 is 14.4 Å². The molecule has 1 aromatic carbocycles. The highest BCUT2D eigenvalue weighted by atomic mass is 16.2. The van der Waals surface area contributed by atoms with Crippen LogP contribution in [0.1, 0.15) is 49.9 Å². The van der Waals surface area contributed by atoms with Crippen LogP contribution in [0.2, 0.25) is 0 Å². The van der Waals surface area contributed by atoms with Crippen LogP contribution in [0.15, 0.2) is 30.3 Å². The summed E-state index contributed by atoms with van der Waals surface area (Å²) < 4.78 is 0. The van der Waals surface area contributed by atoms with Gasteiger partial charge in [0.15, 0.2) is 0 Å². The summed E-state index contributed by atoms with van der Waals surface area (Å²) in [5, 5.41) is 5.79. The van der Waals surface area contributed by atoms with E-state index in [4.69, 9.17) is 0 Å². The second kappa shape index (κ2) is 13.4. The zero-order valence-corrected chi connectivity index (χ0v) is 21.7. The quantitative estimate of drug-likeness (QED) is 0.655. The van der Waals surface area contributed by atoms with Crippen molar-refractivity contribution in [3.05, 3.63) is 35.9 Å². The van der Waals surface area contributed by atoms with Gasteiger partial charge < -0.3 is 9.80 Å². The van der Waals surface area contributed by atoms with E-state index in [1.54, 1.807) is 25.9 Å². The number of hydrogen-bond acceptors (Lipinski definition) is 6. The predicted octanol–water partition coefficient (Wildman–Crippen LogP) is 1.68. The highest BCUT2D eigenvalue weighted by Gasteiger charge is 2.27. The minimum Gasteiger partial charge on any atom is -0.343 e. The van der Waals surface area contributed by atoms with Crippen molar-refractivity contribution in [1.29, 1.82) is 0 Å². The summed E-state index contributed by atoms with van der Waals surface area (Å²) in [6.45, 7) is 6.56. The van der Waals surface area contributed by atoms with Crippen molar-refractivity contribution in [2.24, 2.45) is 0 Å². The second-order valence-electron chi connectivity index (χ2n) is 9.08. The van der Waals surface area contributed by atoms with E-state index in [9.17, 15) is 14.4 Å². The molecule has 0 aliphatic carbocycles. The van der Waals surface area contributed by atoms with E-state index < -0.39 is 0 Å². The van der Waals surface area contributed by atoms with Crippen LogP contribution in [0.4, 0.5) is 0 Å². The molecule has 0 atom stereocenters. The molecule has 2 aliphatic rings. The fraction of sp³-hybridized carbons (Fsp3) is 0.640. The van der Waals surface area contributed by atoms with Crippen molar-refractivity contribution in [2.45, 2.75) is 51.6 Å². The van der Waals surface area contributed by atoms with Crippen molar-refractivity contribution in [3.8, 4) is 0 Å². The molecule has 2 aliphatic heterocycles. The summed E-state index contributed by atoms with van der Waals surface area (Å²) in [6, 6.07) is 10.1. The SMILES string of the molecule is CC(=O)N1CCC(N(C)N(C)C(=O)c2ccccc2)CC1.CNN(C)C1CCN(C(C)=O)CC1.